The lowest BCUT2D eigenvalue weighted by atomic mass is 9.90. The molecule has 0 bridgehead atoms. The summed E-state index contributed by atoms with van der Waals surface area (Å²) in [5.41, 5.74) is 0.498. The van der Waals surface area contributed by atoms with Crippen LogP contribution < -0.4 is 5.32 Å². The predicted octanol–water partition coefficient (Wildman–Crippen LogP) is 2.13. The van der Waals surface area contributed by atoms with Crippen LogP contribution in [0.4, 0.5) is 0 Å². The highest BCUT2D eigenvalue weighted by molar-refractivity contribution is 6.18. The molecule has 1 saturated heterocycles. The molecule has 2 heterocycles. The van der Waals surface area contributed by atoms with E-state index >= 15 is 0 Å². The van der Waals surface area contributed by atoms with Crippen molar-refractivity contribution in [3.05, 3.63) is 11.1 Å². The van der Waals surface area contributed by atoms with Crippen molar-refractivity contribution in [3.8, 4) is 131 Å². The molecular formula is C39H29N3O2. The average Bonchev–Trinajstić information content (AvgIpc) is 3.17. The number of carbonyl (C=O) groups excluding carboxylic acids is 2. The van der Waals surface area contributed by atoms with Gasteiger partial charge in [0.15, 0.2) is 0 Å². The van der Waals surface area contributed by atoms with Gasteiger partial charge in [0, 0.05) is 71.3 Å². The third kappa shape index (κ3) is 11.1. The van der Waals surface area contributed by atoms with Crippen molar-refractivity contribution >= 4 is 11.8 Å². The number of rotatable bonds is 4. The number of carbonyl (C=O) groups is 2. The van der Waals surface area contributed by atoms with Gasteiger partial charge in [-0.3, -0.25) is 9.59 Å². The van der Waals surface area contributed by atoms with Gasteiger partial charge in [0.1, 0.15) is 0 Å². The first-order chi connectivity index (χ1) is 21.0. The molecule has 2 aliphatic heterocycles. The maximum Gasteiger partial charge on any atom is 0.272 e. The van der Waals surface area contributed by atoms with E-state index in [4.69, 9.17) is 6.42 Å². The first kappa shape index (κ1) is 34.2. The lowest BCUT2D eigenvalue weighted by Crippen LogP contribution is -2.70. The third-order valence-corrected chi connectivity index (χ3v) is 5.99. The van der Waals surface area contributed by atoms with Crippen molar-refractivity contribution in [2.45, 2.75) is 65.5 Å². The number of amides is 2. The van der Waals surface area contributed by atoms with Crippen molar-refractivity contribution in [2.75, 3.05) is 13.1 Å². The van der Waals surface area contributed by atoms with Crippen LogP contribution in [0.3, 0.4) is 0 Å². The van der Waals surface area contributed by atoms with Gasteiger partial charge in [-0.15, -0.1) is 6.42 Å². The van der Waals surface area contributed by atoms with Gasteiger partial charge in [-0.2, -0.15) is 0 Å². The summed E-state index contributed by atoms with van der Waals surface area (Å²) in [5.74, 6) is 52.5. The van der Waals surface area contributed by atoms with Crippen LogP contribution in [-0.2, 0) is 9.59 Å². The van der Waals surface area contributed by atoms with Crippen molar-refractivity contribution in [2.24, 2.45) is 5.92 Å². The fourth-order valence-electron chi connectivity index (χ4n) is 4.72. The molecule has 5 heteroatoms. The molecule has 2 rings (SSSR count). The van der Waals surface area contributed by atoms with Crippen LogP contribution in [0.2, 0.25) is 0 Å². The number of hydrogen-bond donors (Lipinski definition) is 1. The highest BCUT2D eigenvalue weighted by Gasteiger charge is 2.47. The summed E-state index contributed by atoms with van der Waals surface area (Å²) >= 11 is 0. The van der Waals surface area contributed by atoms with Gasteiger partial charge < -0.3 is 5.32 Å². The zero-order valence-electron chi connectivity index (χ0n) is 25.7. The third-order valence-electron chi connectivity index (χ3n) is 5.99. The first-order valence-electron chi connectivity index (χ1n) is 13.6. The van der Waals surface area contributed by atoms with E-state index in [0.29, 0.717) is 37.1 Å². The Morgan fingerprint density at radius 3 is 1.45 bits per heavy atom. The molecule has 212 valence electrons. The lowest BCUT2D eigenvalue weighted by Gasteiger charge is -2.50. The Hall–Kier alpha value is -6.04. The Morgan fingerprint density at radius 1 is 0.682 bits per heavy atom. The summed E-state index contributed by atoms with van der Waals surface area (Å²) in [4.78, 5) is 26.7. The number of imide groups is 1. The summed E-state index contributed by atoms with van der Waals surface area (Å²) in [7, 11) is 0. The summed E-state index contributed by atoms with van der Waals surface area (Å²) in [6.45, 7) is 13.1. The molecule has 2 aliphatic rings. The molecule has 5 nitrogen and oxygen atoms in total. The zero-order valence-corrected chi connectivity index (χ0v) is 25.7. The zero-order chi connectivity index (χ0) is 32.4. The number of piperazine rings is 1. The normalized spacial score (nSPS) is 15.5. The Morgan fingerprint density at radius 2 is 1.07 bits per heavy atom. The smallest absolute Gasteiger partial charge is 0.272 e. The van der Waals surface area contributed by atoms with E-state index in [0.717, 1.165) is 0 Å². The van der Waals surface area contributed by atoms with E-state index in [1.54, 1.807) is 6.92 Å². The largest absolute Gasteiger partial charge is 0.304 e. The van der Waals surface area contributed by atoms with Gasteiger partial charge in [-0.05, 0) is 136 Å². The molecule has 1 unspecified atom stereocenters. The van der Waals surface area contributed by atoms with Crippen LogP contribution in [0, 0.1) is 137 Å². The monoisotopic (exact) mass is 571 g/mol. The van der Waals surface area contributed by atoms with Crippen LogP contribution in [-0.4, -0.2) is 46.0 Å². The molecule has 0 spiro atoms. The van der Waals surface area contributed by atoms with Crippen LogP contribution in [0.1, 0.15) is 54.4 Å². The fraction of sp³-hybridized carbons (Fsp3) is 0.333. The summed E-state index contributed by atoms with van der Waals surface area (Å²) in [6, 6.07) is 0. The fourth-order valence-corrected chi connectivity index (χ4v) is 4.72. The topological polar surface area (TPSA) is 52.7 Å². The summed E-state index contributed by atoms with van der Waals surface area (Å²) in [6.07, 6.45) is 6.02. The number of hydrazine groups is 1. The minimum Gasteiger partial charge on any atom is -0.304 e. The SMILES string of the molecule is C#CC#CC#CC#CC#CC#CC#CC#CC#CC#CC#CCC(CC)C1=C(C)C(=O)N(N2CC(C)(C)NC(C)(C)C2)C1=O. The second-order valence-corrected chi connectivity index (χ2v) is 10.7. The molecule has 1 fully saturated rings. The van der Waals surface area contributed by atoms with E-state index in [1.165, 1.54) is 5.01 Å². The molecule has 0 aromatic rings. The molecule has 44 heavy (non-hydrogen) atoms. The predicted molar refractivity (Wildman–Crippen MR) is 172 cm³/mol. The van der Waals surface area contributed by atoms with E-state index in [-0.39, 0.29) is 28.8 Å². The van der Waals surface area contributed by atoms with E-state index in [1.807, 2.05) is 11.9 Å². The van der Waals surface area contributed by atoms with Gasteiger partial charge in [0.2, 0.25) is 0 Å². The lowest BCUT2D eigenvalue weighted by molar-refractivity contribution is -0.163. The van der Waals surface area contributed by atoms with Crippen LogP contribution in [0.25, 0.3) is 0 Å². The number of terminal acetylenes is 1. The second-order valence-electron chi connectivity index (χ2n) is 10.7. The van der Waals surface area contributed by atoms with E-state index in [2.05, 4.69) is 157 Å². The number of hydrogen-bond acceptors (Lipinski definition) is 4. The van der Waals surface area contributed by atoms with Gasteiger partial charge in [-0.25, -0.2) is 10.0 Å². The van der Waals surface area contributed by atoms with Crippen molar-refractivity contribution in [1.82, 2.24) is 15.3 Å². The molecule has 0 radical (unpaired) electrons. The Bertz CT molecular complexity index is 1920. The molecule has 0 aromatic heterocycles. The maximum absolute atomic E-state index is 13.5. The summed E-state index contributed by atoms with van der Waals surface area (Å²) in [5, 5.41) is 6.76. The van der Waals surface area contributed by atoms with E-state index in [9.17, 15) is 9.59 Å². The molecule has 0 aliphatic carbocycles. The molecular weight excluding hydrogens is 542 g/mol. The molecule has 1 N–H and O–H groups in total. The molecule has 1 atom stereocenters. The Kier molecular flexibility index (Phi) is 13.2. The van der Waals surface area contributed by atoms with Crippen molar-refractivity contribution in [1.29, 1.82) is 0 Å². The summed E-state index contributed by atoms with van der Waals surface area (Å²) < 4.78 is 0. The highest BCUT2D eigenvalue weighted by Crippen LogP contribution is 2.33. The second kappa shape index (κ2) is 17.0. The molecule has 0 aromatic carbocycles. The van der Waals surface area contributed by atoms with E-state index < -0.39 is 0 Å². The van der Waals surface area contributed by atoms with Crippen LogP contribution >= 0.6 is 0 Å². The van der Waals surface area contributed by atoms with Gasteiger partial charge in [-0.1, -0.05) is 12.8 Å². The van der Waals surface area contributed by atoms with Crippen LogP contribution in [0.15, 0.2) is 11.1 Å². The standard InChI is InChI=1S/C39H29N3O2/c1-8-10-11-12-13-14-15-16-17-18-19-20-21-22-23-24-25-26-27-28-29-30-34(9-2)35-33(3)36(43)42(37(35)44)41-31-38(4,5)40-39(6,7)32-41/h1,34,40H,9,30-32H2,2-7H3. The number of nitrogens with one attached hydrogen (secondary N) is 1. The maximum atomic E-state index is 13.5. The van der Waals surface area contributed by atoms with Crippen molar-refractivity contribution in [3.63, 3.8) is 0 Å². The minimum absolute atomic E-state index is 0.175. The first-order valence-corrected chi connectivity index (χ1v) is 13.6. The highest BCUT2D eigenvalue weighted by atomic mass is 16.2. The van der Waals surface area contributed by atoms with Gasteiger partial charge in [0.05, 0.1) is 0 Å². The average molecular weight is 572 g/mol. The molecule has 2 amide bonds. The Balaban J connectivity index is 1.94. The minimum atomic E-state index is -0.261. The quantitative estimate of drug-likeness (QED) is 0.415. The van der Waals surface area contributed by atoms with Crippen LogP contribution in [0.5, 0.6) is 0 Å². The molecule has 0 saturated carbocycles. The van der Waals surface area contributed by atoms with Crippen molar-refractivity contribution < 1.29 is 9.59 Å². The van der Waals surface area contributed by atoms with Gasteiger partial charge in [0.25, 0.3) is 11.8 Å². The van der Waals surface area contributed by atoms with Gasteiger partial charge >= 0.3 is 0 Å². The Labute approximate surface area is 262 Å². The number of nitrogens with zero attached hydrogens (tertiary/aromatic N) is 2.